The maximum Gasteiger partial charge on any atom is 0.277 e. The summed E-state index contributed by atoms with van der Waals surface area (Å²) in [4.78, 5) is 15.9. The summed E-state index contributed by atoms with van der Waals surface area (Å²) in [7, 11) is -3.77. The smallest absolute Gasteiger partial charge is 0.277 e. The molecule has 1 atom stereocenters. The molecular weight excluding hydrogens is 444 g/mol. The number of nitrogens with zero attached hydrogens (tertiary/aromatic N) is 5. The molecule has 0 aliphatic carbocycles. The number of anilines is 1. The van der Waals surface area contributed by atoms with Crippen LogP contribution in [0.25, 0.3) is 22.3 Å². The fraction of sp³-hybridized carbons (Fsp3) is 0.409. The van der Waals surface area contributed by atoms with Gasteiger partial charge in [0.25, 0.3) is 10.2 Å². The third kappa shape index (κ3) is 4.91. The molecule has 174 valence electrons. The van der Waals surface area contributed by atoms with E-state index in [0.29, 0.717) is 16.9 Å². The minimum Gasteiger partial charge on any atom is -0.473 e. The molecule has 2 fully saturated rings. The molecule has 0 radical (unpaired) electrons. The van der Waals surface area contributed by atoms with Crippen molar-refractivity contribution in [2.75, 3.05) is 44.3 Å². The van der Waals surface area contributed by atoms with Gasteiger partial charge in [0.1, 0.15) is 12.7 Å². The zero-order valence-electron chi connectivity index (χ0n) is 18.1. The lowest BCUT2D eigenvalue weighted by Gasteiger charge is -2.30. The van der Waals surface area contributed by atoms with Crippen molar-refractivity contribution in [3.8, 4) is 17.1 Å². The Hall–Kier alpha value is -2.86. The standard InChI is InChI=1S/C22H26N6O4S/c23-33(29,30)28-11-12-31-18(14-28)15-32-22-21-20(24-7-8-25-21)13-19(26-22)16-3-5-17(6-4-16)27-9-1-2-10-27/h3-8,13,18H,1-2,9-12,14-15H2,(H2,23,29,30). The maximum atomic E-state index is 11.7. The lowest BCUT2D eigenvalue weighted by atomic mass is 10.1. The Kier molecular flexibility index (Phi) is 6.11. The van der Waals surface area contributed by atoms with Crippen molar-refractivity contribution in [2.24, 2.45) is 5.14 Å². The summed E-state index contributed by atoms with van der Waals surface area (Å²) in [6, 6.07) is 10.2. The van der Waals surface area contributed by atoms with E-state index >= 15 is 0 Å². The first kappa shape index (κ1) is 22.0. The van der Waals surface area contributed by atoms with Crippen LogP contribution in [0.3, 0.4) is 0 Å². The van der Waals surface area contributed by atoms with Gasteiger partial charge >= 0.3 is 0 Å². The van der Waals surface area contributed by atoms with Gasteiger partial charge in [-0.3, -0.25) is 4.98 Å². The molecule has 0 spiro atoms. The number of ether oxygens (including phenoxy) is 2. The molecule has 0 amide bonds. The first-order valence-corrected chi connectivity index (χ1v) is 12.5. The van der Waals surface area contributed by atoms with Crippen LogP contribution in [0.2, 0.25) is 0 Å². The second kappa shape index (κ2) is 9.18. The second-order valence-electron chi connectivity index (χ2n) is 8.18. The van der Waals surface area contributed by atoms with Crippen molar-refractivity contribution in [3.63, 3.8) is 0 Å². The molecule has 2 aromatic heterocycles. The van der Waals surface area contributed by atoms with Gasteiger partial charge in [-0.25, -0.2) is 15.1 Å². The van der Waals surface area contributed by atoms with E-state index in [0.717, 1.165) is 24.3 Å². The van der Waals surface area contributed by atoms with E-state index in [9.17, 15) is 8.42 Å². The molecule has 3 aromatic rings. The molecule has 2 N–H and O–H groups in total. The summed E-state index contributed by atoms with van der Waals surface area (Å²) >= 11 is 0. The first-order chi connectivity index (χ1) is 16.0. The minimum atomic E-state index is -3.77. The van der Waals surface area contributed by atoms with E-state index in [1.807, 2.05) is 6.07 Å². The van der Waals surface area contributed by atoms with Gasteiger partial charge in [0, 0.05) is 49.8 Å². The maximum absolute atomic E-state index is 11.7. The molecule has 10 nitrogen and oxygen atoms in total. The molecule has 4 heterocycles. The van der Waals surface area contributed by atoms with Gasteiger partial charge in [0.15, 0.2) is 5.52 Å². The van der Waals surface area contributed by atoms with Crippen molar-refractivity contribution < 1.29 is 17.9 Å². The number of morpholine rings is 1. The van der Waals surface area contributed by atoms with Crippen LogP contribution in [0.5, 0.6) is 5.88 Å². The highest BCUT2D eigenvalue weighted by Gasteiger charge is 2.28. The Balaban J connectivity index is 1.38. The van der Waals surface area contributed by atoms with Crippen LogP contribution in [-0.4, -0.2) is 73.2 Å². The molecule has 2 aliphatic rings. The van der Waals surface area contributed by atoms with E-state index in [2.05, 4.69) is 39.1 Å². The van der Waals surface area contributed by atoms with E-state index in [-0.39, 0.29) is 26.3 Å². The Labute approximate surface area is 192 Å². The average molecular weight is 471 g/mol. The highest BCUT2D eigenvalue weighted by Crippen LogP contribution is 2.29. The molecule has 1 unspecified atom stereocenters. The Morgan fingerprint density at radius 1 is 1.09 bits per heavy atom. The van der Waals surface area contributed by atoms with Gasteiger partial charge in [0.2, 0.25) is 5.88 Å². The number of nitrogens with two attached hydrogens (primary N) is 1. The minimum absolute atomic E-state index is 0.113. The Morgan fingerprint density at radius 3 is 2.61 bits per heavy atom. The first-order valence-electron chi connectivity index (χ1n) is 11.0. The van der Waals surface area contributed by atoms with Crippen molar-refractivity contribution in [1.82, 2.24) is 19.3 Å². The van der Waals surface area contributed by atoms with Crippen molar-refractivity contribution in [1.29, 1.82) is 0 Å². The number of fused-ring (bicyclic) bond motifs is 1. The Bertz CT molecular complexity index is 1230. The van der Waals surface area contributed by atoms with Crippen LogP contribution in [0.15, 0.2) is 42.7 Å². The number of rotatable bonds is 6. The average Bonchev–Trinajstić information content (AvgIpc) is 3.37. The summed E-state index contributed by atoms with van der Waals surface area (Å²) in [5, 5.41) is 5.26. The van der Waals surface area contributed by atoms with Gasteiger partial charge in [-0.15, -0.1) is 0 Å². The molecule has 0 bridgehead atoms. The third-order valence-corrected chi connectivity index (χ3v) is 6.98. The highest BCUT2D eigenvalue weighted by atomic mass is 32.2. The van der Waals surface area contributed by atoms with E-state index in [4.69, 9.17) is 19.6 Å². The van der Waals surface area contributed by atoms with Crippen LogP contribution in [0.1, 0.15) is 12.8 Å². The number of hydrogen-bond donors (Lipinski definition) is 1. The summed E-state index contributed by atoms with van der Waals surface area (Å²) in [6.45, 7) is 2.90. The van der Waals surface area contributed by atoms with Gasteiger partial charge in [-0.05, 0) is 31.0 Å². The lowest BCUT2D eigenvalue weighted by molar-refractivity contribution is -0.0254. The normalized spacial score (nSPS) is 19.8. The molecular formula is C22H26N6O4S. The van der Waals surface area contributed by atoms with Gasteiger partial charge in [0.05, 0.1) is 17.8 Å². The van der Waals surface area contributed by atoms with Crippen LogP contribution in [0.4, 0.5) is 5.69 Å². The predicted octanol–water partition coefficient (Wildman–Crippen LogP) is 1.58. The van der Waals surface area contributed by atoms with Crippen molar-refractivity contribution in [2.45, 2.75) is 18.9 Å². The van der Waals surface area contributed by atoms with Crippen LogP contribution in [0, 0.1) is 0 Å². The topological polar surface area (TPSA) is 124 Å². The van der Waals surface area contributed by atoms with Crippen LogP contribution < -0.4 is 14.8 Å². The third-order valence-electron chi connectivity index (χ3n) is 5.93. The Morgan fingerprint density at radius 2 is 1.85 bits per heavy atom. The molecule has 2 saturated heterocycles. The molecule has 11 heteroatoms. The fourth-order valence-electron chi connectivity index (χ4n) is 4.21. The van der Waals surface area contributed by atoms with Gasteiger partial charge < -0.3 is 14.4 Å². The molecule has 1 aromatic carbocycles. The second-order valence-corrected chi connectivity index (χ2v) is 9.73. The summed E-state index contributed by atoms with van der Waals surface area (Å²) < 4.78 is 36.2. The SMILES string of the molecule is NS(=O)(=O)N1CCOC(COc2nc(-c3ccc(N4CCCC4)cc3)cc3nccnc23)C1. The molecule has 2 aliphatic heterocycles. The van der Waals surface area contributed by atoms with Crippen molar-refractivity contribution >= 4 is 26.9 Å². The zero-order valence-corrected chi connectivity index (χ0v) is 18.9. The summed E-state index contributed by atoms with van der Waals surface area (Å²) in [6.07, 6.45) is 5.20. The predicted molar refractivity (Wildman–Crippen MR) is 124 cm³/mol. The monoisotopic (exact) mass is 470 g/mol. The fourth-order valence-corrected chi connectivity index (χ4v) is 4.91. The number of aromatic nitrogens is 3. The lowest BCUT2D eigenvalue weighted by Crippen LogP contribution is -2.49. The summed E-state index contributed by atoms with van der Waals surface area (Å²) in [5.74, 6) is 0.329. The van der Waals surface area contributed by atoms with Crippen molar-refractivity contribution in [3.05, 3.63) is 42.7 Å². The quantitative estimate of drug-likeness (QED) is 0.576. The van der Waals surface area contributed by atoms with Gasteiger partial charge in [-0.1, -0.05) is 12.1 Å². The number of hydrogen-bond acceptors (Lipinski definition) is 8. The molecule has 0 saturated carbocycles. The van der Waals surface area contributed by atoms with E-state index in [1.54, 1.807) is 12.4 Å². The number of benzene rings is 1. The van der Waals surface area contributed by atoms with E-state index < -0.39 is 16.3 Å². The summed E-state index contributed by atoms with van der Waals surface area (Å²) in [5.41, 5.74) is 4.08. The number of pyridine rings is 1. The largest absolute Gasteiger partial charge is 0.473 e. The molecule has 5 rings (SSSR count). The van der Waals surface area contributed by atoms with Gasteiger partial charge in [-0.2, -0.15) is 12.7 Å². The highest BCUT2D eigenvalue weighted by molar-refractivity contribution is 7.86. The van der Waals surface area contributed by atoms with E-state index in [1.165, 1.54) is 22.8 Å². The zero-order chi connectivity index (χ0) is 22.8. The van der Waals surface area contributed by atoms with Crippen LogP contribution >= 0.6 is 0 Å². The van der Waals surface area contributed by atoms with Crippen LogP contribution in [-0.2, 0) is 14.9 Å². The molecule has 33 heavy (non-hydrogen) atoms.